The molecule has 0 aliphatic carbocycles. The van der Waals surface area contributed by atoms with Gasteiger partial charge in [-0.1, -0.05) is 134 Å². The van der Waals surface area contributed by atoms with Crippen LogP contribution in [-0.2, 0) is 16.4 Å². The van der Waals surface area contributed by atoms with Crippen molar-refractivity contribution in [2.24, 2.45) is 5.92 Å². The van der Waals surface area contributed by atoms with Gasteiger partial charge in [0.1, 0.15) is 5.82 Å². The molecule has 2 N–H and O–H groups in total. The molecule has 43 heavy (non-hydrogen) atoms. The Balaban J connectivity index is 1.86. The van der Waals surface area contributed by atoms with Crippen molar-refractivity contribution in [2.75, 3.05) is 26.2 Å². The summed E-state index contributed by atoms with van der Waals surface area (Å²) >= 11 is 0. The van der Waals surface area contributed by atoms with Crippen LogP contribution in [0.25, 0.3) is 11.4 Å². The van der Waals surface area contributed by atoms with E-state index in [1.165, 1.54) is 22.3 Å². The number of aromatic nitrogens is 2. The van der Waals surface area contributed by atoms with Gasteiger partial charge in [-0.15, -0.1) is 0 Å². The molecule has 0 bridgehead atoms. The minimum atomic E-state index is -0.386. The van der Waals surface area contributed by atoms with E-state index in [-0.39, 0.29) is 28.2 Å². The Bertz CT molecular complexity index is 1460. The van der Waals surface area contributed by atoms with E-state index in [9.17, 15) is 0 Å². The van der Waals surface area contributed by atoms with Gasteiger partial charge in [-0.3, -0.25) is 4.90 Å². The fourth-order valence-corrected chi connectivity index (χ4v) is 7.13. The third-order valence-corrected chi connectivity index (χ3v) is 9.44. The summed E-state index contributed by atoms with van der Waals surface area (Å²) < 4.78 is 0. The number of H-pyrrole nitrogens is 1. The van der Waals surface area contributed by atoms with Crippen molar-refractivity contribution in [3.05, 3.63) is 113 Å². The second kappa shape index (κ2) is 12.1. The Hall–Kier alpha value is -3.21. The maximum absolute atomic E-state index is 5.55. The van der Waals surface area contributed by atoms with Crippen molar-refractivity contribution in [3.8, 4) is 11.4 Å². The lowest BCUT2D eigenvalue weighted by molar-refractivity contribution is 0.0108. The van der Waals surface area contributed by atoms with Crippen LogP contribution in [0.2, 0.25) is 0 Å². The van der Waals surface area contributed by atoms with E-state index in [0.29, 0.717) is 0 Å². The van der Waals surface area contributed by atoms with Crippen molar-refractivity contribution >= 4 is 0 Å². The lowest BCUT2D eigenvalue weighted by Crippen LogP contribution is -2.60. The van der Waals surface area contributed by atoms with Crippen molar-refractivity contribution in [1.29, 1.82) is 0 Å². The number of imidazole rings is 1. The highest BCUT2D eigenvalue weighted by molar-refractivity contribution is 5.57. The van der Waals surface area contributed by atoms with Crippen LogP contribution in [-0.4, -0.2) is 41.0 Å². The lowest BCUT2D eigenvalue weighted by atomic mass is 9.64. The molecule has 228 valence electrons. The summed E-state index contributed by atoms with van der Waals surface area (Å²) in [5.74, 6) is 1.29. The molecule has 1 fully saturated rings. The van der Waals surface area contributed by atoms with Gasteiger partial charge in [0.25, 0.3) is 0 Å². The molecule has 5 rings (SSSR count). The first-order valence-electron chi connectivity index (χ1n) is 16.1. The van der Waals surface area contributed by atoms with E-state index < -0.39 is 0 Å². The van der Waals surface area contributed by atoms with Crippen LogP contribution in [0.3, 0.4) is 0 Å². The molecule has 1 aliphatic rings. The predicted octanol–water partition coefficient (Wildman–Crippen LogP) is 8.57. The van der Waals surface area contributed by atoms with Crippen LogP contribution in [0.5, 0.6) is 0 Å². The lowest BCUT2D eigenvalue weighted by Gasteiger charge is -2.53. The van der Waals surface area contributed by atoms with E-state index in [1.54, 1.807) is 0 Å². The first-order valence-corrected chi connectivity index (χ1v) is 16.1. The molecule has 1 aromatic heterocycles. The van der Waals surface area contributed by atoms with Crippen LogP contribution in [0.4, 0.5) is 0 Å². The molecule has 1 saturated heterocycles. The van der Waals surface area contributed by atoms with E-state index >= 15 is 0 Å². The van der Waals surface area contributed by atoms with E-state index in [2.05, 4.69) is 156 Å². The molecule has 1 aliphatic heterocycles. The number of piperazine rings is 1. The van der Waals surface area contributed by atoms with E-state index in [1.807, 2.05) is 0 Å². The van der Waals surface area contributed by atoms with Crippen LogP contribution in [0.1, 0.15) is 94.9 Å². The molecule has 4 aromatic rings. The Morgan fingerprint density at radius 3 is 1.74 bits per heavy atom. The molecule has 3 aromatic carbocycles. The van der Waals surface area contributed by atoms with Crippen LogP contribution >= 0.6 is 0 Å². The predicted molar refractivity (Wildman–Crippen MR) is 182 cm³/mol. The van der Waals surface area contributed by atoms with Gasteiger partial charge >= 0.3 is 0 Å². The smallest absolute Gasteiger partial charge is 0.137 e. The topological polar surface area (TPSA) is 44.0 Å². The average Bonchev–Trinajstić information content (AvgIpc) is 3.37. The molecule has 0 saturated carbocycles. The molecule has 4 nitrogen and oxygen atoms in total. The van der Waals surface area contributed by atoms with E-state index in [4.69, 9.17) is 4.98 Å². The quantitative estimate of drug-likeness (QED) is 0.232. The number of hydrogen-bond acceptors (Lipinski definition) is 3. The Labute approximate surface area is 260 Å². The highest BCUT2D eigenvalue weighted by Crippen LogP contribution is 2.52. The second-order valence-corrected chi connectivity index (χ2v) is 14.8. The highest BCUT2D eigenvalue weighted by atomic mass is 15.3. The zero-order valence-electron chi connectivity index (χ0n) is 27.9. The van der Waals surface area contributed by atoms with Gasteiger partial charge in [-0.25, -0.2) is 4.98 Å². The molecule has 1 atom stereocenters. The summed E-state index contributed by atoms with van der Waals surface area (Å²) in [6.45, 7) is 24.8. The Kier molecular flexibility index (Phi) is 8.75. The van der Waals surface area contributed by atoms with Gasteiger partial charge < -0.3 is 10.3 Å². The van der Waals surface area contributed by atoms with Crippen LogP contribution < -0.4 is 5.32 Å². The van der Waals surface area contributed by atoms with Gasteiger partial charge in [0.2, 0.25) is 0 Å². The molecule has 2 heterocycles. The van der Waals surface area contributed by atoms with Gasteiger partial charge in [0.15, 0.2) is 0 Å². The molecule has 0 amide bonds. The van der Waals surface area contributed by atoms with E-state index in [0.717, 1.165) is 49.0 Å². The number of nitrogens with one attached hydrogen (secondary N) is 2. The summed E-state index contributed by atoms with van der Waals surface area (Å²) in [5.41, 5.74) is 8.58. The first-order chi connectivity index (χ1) is 20.3. The number of nitrogens with zero attached hydrogens (tertiary/aromatic N) is 2. The summed E-state index contributed by atoms with van der Waals surface area (Å²) in [5, 5.41) is 3.63. The maximum Gasteiger partial charge on any atom is 0.137 e. The third-order valence-electron chi connectivity index (χ3n) is 9.44. The normalized spacial score (nSPS) is 16.5. The van der Waals surface area contributed by atoms with Gasteiger partial charge in [0, 0.05) is 43.4 Å². The molecular formula is C39H52N4. The number of aryl methyl sites for hydroxylation is 1. The zero-order chi connectivity index (χ0) is 31.0. The minimum Gasteiger partial charge on any atom is -0.342 e. The zero-order valence-corrected chi connectivity index (χ0v) is 27.9. The van der Waals surface area contributed by atoms with Gasteiger partial charge in [0.05, 0.1) is 11.2 Å². The highest BCUT2D eigenvalue weighted by Gasteiger charge is 2.52. The van der Waals surface area contributed by atoms with Crippen LogP contribution in [0.15, 0.2) is 78.9 Å². The third kappa shape index (κ3) is 6.10. The van der Waals surface area contributed by atoms with Gasteiger partial charge in [-0.2, -0.15) is 0 Å². The second-order valence-electron chi connectivity index (χ2n) is 14.8. The number of hydrogen-bond donors (Lipinski definition) is 2. The van der Waals surface area contributed by atoms with Crippen LogP contribution in [0, 0.1) is 12.8 Å². The van der Waals surface area contributed by atoms with Gasteiger partial charge in [-0.05, 0) is 45.9 Å². The molecule has 4 heteroatoms. The number of rotatable bonds is 7. The standard InChI is InChI=1S/C39H52N4/c1-27(2)39(43-23-21-40-22-24-43,35-28(3)41-36(42-35)29-15-11-10-12-16-29)34(30-17-13-19-32(25-30)37(4,5)6)31-18-14-20-33(26-31)38(7,8)9/h10-20,25-27,34,40H,21-24H2,1-9H3,(H,41,42). The largest absolute Gasteiger partial charge is 0.342 e. The Morgan fingerprint density at radius 1 is 0.721 bits per heavy atom. The van der Waals surface area contributed by atoms with Crippen molar-refractivity contribution < 1.29 is 0 Å². The first kappa shape index (κ1) is 31.2. The molecule has 0 radical (unpaired) electrons. The minimum absolute atomic E-state index is 0.0477. The monoisotopic (exact) mass is 576 g/mol. The van der Waals surface area contributed by atoms with Crippen molar-refractivity contribution in [3.63, 3.8) is 0 Å². The summed E-state index contributed by atoms with van der Waals surface area (Å²) in [6, 6.07) is 29.4. The molecule has 0 spiro atoms. The number of benzene rings is 3. The average molecular weight is 577 g/mol. The summed E-state index contributed by atoms with van der Waals surface area (Å²) in [6.07, 6.45) is 0. The van der Waals surface area contributed by atoms with Crippen molar-refractivity contribution in [2.45, 2.75) is 84.6 Å². The fraction of sp³-hybridized carbons (Fsp3) is 0.462. The SMILES string of the molecule is Cc1[nH]c(-c2ccccc2)nc1C(C(C)C)(C(c1cccc(C(C)(C)C)c1)c1cccc(C(C)(C)C)c1)N1CCNCC1. The number of aromatic amines is 1. The summed E-state index contributed by atoms with van der Waals surface area (Å²) in [4.78, 5) is 12.0. The molecular weight excluding hydrogens is 524 g/mol. The summed E-state index contributed by atoms with van der Waals surface area (Å²) in [7, 11) is 0. The fourth-order valence-electron chi connectivity index (χ4n) is 7.13. The Morgan fingerprint density at radius 2 is 1.26 bits per heavy atom. The molecule has 1 unspecified atom stereocenters. The van der Waals surface area contributed by atoms with Crippen molar-refractivity contribution in [1.82, 2.24) is 20.2 Å². The maximum atomic E-state index is 5.55.